The minimum Gasteiger partial charge on any atom is -0.350 e. The second kappa shape index (κ2) is 7.46. The minimum absolute atomic E-state index is 0.180. The van der Waals surface area contributed by atoms with Gasteiger partial charge in [-0.25, -0.2) is 4.68 Å². The molecule has 0 atom stereocenters. The molecule has 0 fully saturated rings. The summed E-state index contributed by atoms with van der Waals surface area (Å²) in [6.45, 7) is 2.74. The molecule has 4 rings (SSSR count). The summed E-state index contributed by atoms with van der Waals surface area (Å²) in [4.78, 5) is 20.5. The highest BCUT2D eigenvalue weighted by Gasteiger charge is 2.14. The van der Waals surface area contributed by atoms with E-state index in [1.165, 1.54) is 0 Å². The number of carbonyl (C=O) groups excluding carboxylic acids is 1. The van der Waals surface area contributed by atoms with Crippen molar-refractivity contribution in [3.8, 4) is 23.0 Å². The molecule has 0 aliphatic heterocycles. The fourth-order valence-electron chi connectivity index (χ4n) is 2.33. The van der Waals surface area contributed by atoms with Crippen LogP contribution in [0, 0.1) is 6.92 Å². The minimum atomic E-state index is -0.180. The number of aromatic nitrogens is 6. The number of pyridine rings is 1. The predicted molar refractivity (Wildman–Crippen MR) is 97.9 cm³/mol. The number of thiophene rings is 1. The first-order valence-corrected chi connectivity index (χ1v) is 9.11. The van der Waals surface area contributed by atoms with Gasteiger partial charge in [-0.1, -0.05) is 10.4 Å². The first-order valence-electron chi connectivity index (χ1n) is 8.17. The molecule has 0 saturated carbocycles. The van der Waals surface area contributed by atoms with Crippen molar-refractivity contribution in [3.63, 3.8) is 0 Å². The molecule has 4 aromatic heterocycles. The second-order valence-corrected chi connectivity index (χ2v) is 6.53. The molecule has 136 valence electrons. The average Bonchev–Trinajstić information content (AvgIpc) is 3.42. The van der Waals surface area contributed by atoms with E-state index in [1.807, 2.05) is 23.8 Å². The van der Waals surface area contributed by atoms with Gasteiger partial charge >= 0.3 is 0 Å². The van der Waals surface area contributed by atoms with Gasteiger partial charge in [0.05, 0.1) is 18.3 Å². The average molecular weight is 381 g/mol. The van der Waals surface area contributed by atoms with Crippen molar-refractivity contribution in [2.24, 2.45) is 0 Å². The molecular formula is C17H15N7O2S. The standard InChI is InChI=1S/C17H15N7O2S/c1-11-2-3-12(8-19-11)16(25)18-5-6-24-9-14(21-23-24)17-20-15(22-26-17)13-4-7-27-10-13/h2-4,7-10H,5-6H2,1H3,(H,18,25). The van der Waals surface area contributed by atoms with Gasteiger partial charge in [-0.3, -0.25) is 9.78 Å². The molecule has 0 bridgehead atoms. The number of amides is 1. The number of aryl methyl sites for hydroxylation is 1. The third-order valence-corrected chi connectivity index (χ3v) is 4.45. The van der Waals surface area contributed by atoms with Crippen molar-refractivity contribution in [1.82, 2.24) is 35.4 Å². The zero-order valence-corrected chi connectivity index (χ0v) is 15.2. The summed E-state index contributed by atoms with van der Waals surface area (Å²) in [7, 11) is 0. The first-order chi connectivity index (χ1) is 13.2. The number of carbonyl (C=O) groups is 1. The fraction of sp³-hybridized carbons (Fsp3) is 0.176. The summed E-state index contributed by atoms with van der Waals surface area (Å²) in [5, 5.41) is 18.7. The normalized spacial score (nSPS) is 10.9. The van der Waals surface area contributed by atoms with Crippen LogP contribution in [0.3, 0.4) is 0 Å². The van der Waals surface area contributed by atoms with Gasteiger partial charge in [-0.15, -0.1) is 5.10 Å². The van der Waals surface area contributed by atoms with Crippen LogP contribution in [0.5, 0.6) is 0 Å². The molecule has 1 N–H and O–H groups in total. The predicted octanol–water partition coefficient (Wildman–Crippen LogP) is 2.19. The number of hydrogen-bond acceptors (Lipinski definition) is 8. The molecule has 4 heterocycles. The third kappa shape index (κ3) is 3.90. The van der Waals surface area contributed by atoms with Crippen LogP contribution in [0.1, 0.15) is 16.1 Å². The van der Waals surface area contributed by atoms with Crippen molar-refractivity contribution >= 4 is 17.2 Å². The van der Waals surface area contributed by atoms with Gasteiger partial charge in [0.2, 0.25) is 5.82 Å². The van der Waals surface area contributed by atoms with Gasteiger partial charge in [0.25, 0.3) is 11.8 Å². The number of hydrogen-bond donors (Lipinski definition) is 1. The molecule has 0 aromatic carbocycles. The lowest BCUT2D eigenvalue weighted by atomic mass is 10.2. The van der Waals surface area contributed by atoms with Crippen molar-refractivity contribution in [1.29, 1.82) is 0 Å². The first kappa shape index (κ1) is 17.0. The van der Waals surface area contributed by atoms with Crippen LogP contribution in [0.2, 0.25) is 0 Å². The van der Waals surface area contributed by atoms with Gasteiger partial charge < -0.3 is 9.84 Å². The molecule has 4 aromatic rings. The molecule has 0 aliphatic rings. The Balaban J connectivity index is 1.34. The van der Waals surface area contributed by atoms with E-state index in [-0.39, 0.29) is 5.91 Å². The zero-order chi connectivity index (χ0) is 18.6. The Bertz CT molecular complexity index is 1040. The van der Waals surface area contributed by atoms with Gasteiger partial charge in [-0.2, -0.15) is 16.3 Å². The van der Waals surface area contributed by atoms with Gasteiger partial charge in [0.15, 0.2) is 5.69 Å². The van der Waals surface area contributed by atoms with E-state index in [2.05, 4.69) is 30.8 Å². The maximum atomic E-state index is 12.1. The summed E-state index contributed by atoms with van der Waals surface area (Å²) in [5.41, 5.74) is 2.77. The van der Waals surface area contributed by atoms with E-state index >= 15 is 0 Å². The topological polar surface area (TPSA) is 112 Å². The highest BCUT2D eigenvalue weighted by Crippen LogP contribution is 2.22. The van der Waals surface area contributed by atoms with E-state index in [0.29, 0.717) is 36.1 Å². The summed E-state index contributed by atoms with van der Waals surface area (Å²) < 4.78 is 6.86. The van der Waals surface area contributed by atoms with Crippen molar-refractivity contribution in [2.75, 3.05) is 6.54 Å². The van der Waals surface area contributed by atoms with Crippen LogP contribution in [0.15, 0.2) is 45.9 Å². The number of nitrogens with zero attached hydrogens (tertiary/aromatic N) is 6. The summed E-state index contributed by atoms with van der Waals surface area (Å²) in [5.74, 6) is 0.636. The van der Waals surface area contributed by atoms with Crippen LogP contribution < -0.4 is 5.32 Å². The number of rotatable bonds is 6. The largest absolute Gasteiger partial charge is 0.350 e. The monoisotopic (exact) mass is 381 g/mol. The highest BCUT2D eigenvalue weighted by atomic mass is 32.1. The van der Waals surface area contributed by atoms with E-state index < -0.39 is 0 Å². The Morgan fingerprint density at radius 2 is 2.26 bits per heavy atom. The van der Waals surface area contributed by atoms with Gasteiger partial charge in [0.1, 0.15) is 0 Å². The molecule has 0 unspecified atom stereocenters. The lowest BCUT2D eigenvalue weighted by Crippen LogP contribution is -2.27. The highest BCUT2D eigenvalue weighted by molar-refractivity contribution is 7.08. The van der Waals surface area contributed by atoms with Crippen molar-refractivity contribution in [3.05, 3.63) is 52.6 Å². The van der Waals surface area contributed by atoms with Crippen molar-refractivity contribution in [2.45, 2.75) is 13.5 Å². The summed E-state index contributed by atoms with van der Waals surface area (Å²) in [6.07, 6.45) is 3.25. The molecule has 0 radical (unpaired) electrons. The molecule has 0 aliphatic carbocycles. The van der Waals surface area contributed by atoms with Crippen LogP contribution in [0.4, 0.5) is 0 Å². The summed E-state index contributed by atoms with van der Waals surface area (Å²) >= 11 is 1.56. The smallest absolute Gasteiger partial charge is 0.280 e. The molecule has 10 heteroatoms. The van der Waals surface area contributed by atoms with Crippen molar-refractivity contribution < 1.29 is 9.32 Å². The van der Waals surface area contributed by atoms with Gasteiger partial charge in [-0.05, 0) is 30.5 Å². The maximum Gasteiger partial charge on any atom is 0.280 e. The van der Waals surface area contributed by atoms with E-state index in [4.69, 9.17) is 4.52 Å². The molecule has 27 heavy (non-hydrogen) atoms. The Kier molecular flexibility index (Phi) is 4.71. The second-order valence-electron chi connectivity index (χ2n) is 5.75. The Morgan fingerprint density at radius 1 is 1.33 bits per heavy atom. The van der Waals surface area contributed by atoms with Crippen LogP contribution >= 0.6 is 11.3 Å². The molecule has 9 nitrogen and oxygen atoms in total. The van der Waals surface area contributed by atoms with Gasteiger partial charge in [0, 0.05) is 29.4 Å². The molecule has 0 spiro atoms. The van der Waals surface area contributed by atoms with Crippen LogP contribution in [-0.4, -0.2) is 42.6 Å². The van der Waals surface area contributed by atoms with E-state index in [9.17, 15) is 4.79 Å². The fourth-order valence-corrected chi connectivity index (χ4v) is 2.96. The zero-order valence-electron chi connectivity index (χ0n) is 14.4. The maximum absolute atomic E-state index is 12.1. The lowest BCUT2D eigenvalue weighted by molar-refractivity contribution is 0.0951. The lowest BCUT2D eigenvalue weighted by Gasteiger charge is -2.04. The van der Waals surface area contributed by atoms with E-state index in [1.54, 1.807) is 40.5 Å². The molecule has 1 amide bonds. The third-order valence-electron chi connectivity index (χ3n) is 3.76. The number of nitrogens with one attached hydrogen (secondary N) is 1. The van der Waals surface area contributed by atoms with Crippen LogP contribution in [0.25, 0.3) is 23.0 Å². The van der Waals surface area contributed by atoms with Crippen LogP contribution in [-0.2, 0) is 6.54 Å². The van der Waals surface area contributed by atoms with E-state index in [0.717, 1.165) is 11.3 Å². The SMILES string of the molecule is Cc1ccc(C(=O)NCCn2cc(-c3nc(-c4ccsc4)no3)nn2)cn1. The molecular weight excluding hydrogens is 366 g/mol. The summed E-state index contributed by atoms with van der Waals surface area (Å²) in [6, 6.07) is 5.46. The molecule has 0 saturated heterocycles. The Hall–Kier alpha value is -3.40. The Labute approximate surface area is 158 Å². The Morgan fingerprint density at radius 3 is 3.04 bits per heavy atom. The quantitative estimate of drug-likeness (QED) is 0.545.